The van der Waals surface area contributed by atoms with Gasteiger partial charge in [-0.2, -0.15) is 13.2 Å². The van der Waals surface area contributed by atoms with Gasteiger partial charge in [0.1, 0.15) is 11.4 Å². The Morgan fingerprint density at radius 3 is 2.50 bits per heavy atom. The summed E-state index contributed by atoms with van der Waals surface area (Å²) in [7, 11) is 0. The molecule has 0 atom stereocenters. The zero-order valence-corrected chi connectivity index (χ0v) is 11.1. The number of aromatic nitrogens is 1. The minimum atomic E-state index is -5.10. The van der Waals surface area contributed by atoms with Crippen LogP contribution in [0.25, 0.3) is 10.9 Å². The van der Waals surface area contributed by atoms with Crippen molar-refractivity contribution >= 4 is 44.5 Å². The first-order chi connectivity index (χ1) is 9.20. The average molecular weight is 351 g/mol. The van der Waals surface area contributed by atoms with Gasteiger partial charge in [0.2, 0.25) is 0 Å². The smallest absolute Gasteiger partial charge is 0.471 e. The maximum Gasteiger partial charge on any atom is 0.471 e. The molecular weight excluding hydrogens is 345 g/mol. The number of H-pyrrole nitrogens is 1. The Morgan fingerprint density at radius 1 is 1.30 bits per heavy atom. The Balaban J connectivity index is 2.55. The molecule has 9 heteroatoms. The van der Waals surface area contributed by atoms with Gasteiger partial charge < -0.3 is 15.4 Å². The van der Waals surface area contributed by atoms with Crippen LogP contribution in [0.2, 0.25) is 0 Å². The number of amides is 1. The van der Waals surface area contributed by atoms with Crippen LogP contribution in [0.15, 0.2) is 22.7 Å². The number of alkyl halides is 3. The predicted molar refractivity (Wildman–Crippen MR) is 67.6 cm³/mol. The number of hydrogen-bond donors (Lipinski definition) is 3. The van der Waals surface area contributed by atoms with Crippen LogP contribution >= 0.6 is 15.9 Å². The van der Waals surface area contributed by atoms with E-state index >= 15 is 0 Å². The Bertz CT molecular complexity index is 709. The summed E-state index contributed by atoms with van der Waals surface area (Å²) in [6, 6.07) is 4.45. The lowest BCUT2D eigenvalue weighted by Crippen LogP contribution is -2.30. The van der Waals surface area contributed by atoms with Gasteiger partial charge in [-0.1, -0.05) is 22.0 Å². The molecule has 0 radical (unpaired) electrons. The van der Waals surface area contributed by atoms with Crippen molar-refractivity contribution < 1.29 is 27.9 Å². The number of carboxylic acids is 1. The minimum Gasteiger partial charge on any atom is -0.478 e. The monoisotopic (exact) mass is 350 g/mol. The maximum atomic E-state index is 12.2. The van der Waals surface area contributed by atoms with E-state index in [0.717, 1.165) is 0 Å². The topological polar surface area (TPSA) is 82.2 Å². The Hall–Kier alpha value is -2.03. The van der Waals surface area contributed by atoms with Crippen molar-refractivity contribution in [2.75, 3.05) is 5.32 Å². The fourth-order valence-electron chi connectivity index (χ4n) is 1.67. The molecule has 0 unspecified atom stereocenters. The number of carbonyl (C=O) groups is 2. The number of aromatic carboxylic acids is 1. The van der Waals surface area contributed by atoms with Gasteiger partial charge in [0.15, 0.2) is 0 Å². The molecule has 1 heterocycles. The molecule has 1 aromatic heterocycles. The van der Waals surface area contributed by atoms with Gasteiger partial charge in [-0.25, -0.2) is 4.79 Å². The summed E-state index contributed by atoms with van der Waals surface area (Å²) in [6.45, 7) is 0. The van der Waals surface area contributed by atoms with Crippen molar-refractivity contribution in [1.82, 2.24) is 4.98 Å². The zero-order chi connectivity index (χ0) is 15.1. The second-order valence-corrected chi connectivity index (χ2v) is 4.74. The van der Waals surface area contributed by atoms with Gasteiger partial charge >= 0.3 is 18.1 Å². The summed E-state index contributed by atoms with van der Waals surface area (Å²) in [5.74, 6) is -4.20. The summed E-state index contributed by atoms with van der Waals surface area (Å²) >= 11 is 3.15. The third kappa shape index (κ3) is 2.62. The molecule has 20 heavy (non-hydrogen) atoms. The largest absolute Gasteiger partial charge is 0.478 e. The summed E-state index contributed by atoms with van der Waals surface area (Å²) < 4.78 is 37.2. The van der Waals surface area contributed by atoms with E-state index in [9.17, 15) is 22.8 Å². The van der Waals surface area contributed by atoms with Crippen LogP contribution < -0.4 is 5.32 Å². The van der Waals surface area contributed by atoms with Crippen LogP contribution in [-0.2, 0) is 4.79 Å². The van der Waals surface area contributed by atoms with Gasteiger partial charge in [0.05, 0.1) is 0 Å². The van der Waals surface area contributed by atoms with Crippen molar-refractivity contribution in [2.45, 2.75) is 6.18 Å². The molecule has 0 aliphatic carbocycles. The standard InChI is InChI=1S/C11H6BrF3N2O3/c12-4-1-2-5-6(3-4)16-8(7(5)9(18)19)17-10(20)11(13,14)15/h1-3,16H,(H,17,20)(H,18,19). The third-order valence-corrected chi connectivity index (χ3v) is 2.96. The normalized spacial score (nSPS) is 11.6. The molecule has 1 amide bonds. The van der Waals surface area contributed by atoms with E-state index in [4.69, 9.17) is 5.11 Å². The Kier molecular flexibility index (Phi) is 3.46. The number of anilines is 1. The molecule has 0 fully saturated rings. The number of halogens is 4. The van der Waals surface area contributed by atoms with E-state index in [1.54, 1.807) is 0 Å². The van der Waals surface area contributed by atoms with E-state index in [1.807, 2.05) is 0 Å². The number of carboxylic acid groups (broad SMARTS) is 1. The van der Waals surface area contributed by atoms with Crippen molar-refractivity contribution in [3.8, 4) is 0 Å². The molecule has 2 rings (SSSR count). The number of benzene rings is 1. The van der Waals surface area contributed by atoms with Gasteiger partial charge in [0, 0.05) is 15.4 Å². The first-order valence-electron chi connectivity index (χ1n) is 5.13. The van der Waals surface area contributed by atoms with Crippen molar-refractivity contribution in [3.05, 3.63) is 28.2 Å². The highest BCUT2D eigenvalue weighted by atomic mass is 79.9. The number of carbonyl (C=O) groups excluding carboxylic acids is 1. The first kappa shape index (κ1) is 14.4. The maximum absolute atomic E-state index is 12.2. The number of nitrogens with one attached hydrogen (secondary N) is 2. The van der Waals surface area contributed by atoms with Crippen LogP contribution in [0.1, 0.15) is 10.4 Å². The minimum absolute atomic E-state index is 0.193. The summed E-state index contributed by atoms with van der Waals surface area (Å²) in [6.07, 6.45) is -5.10. The number of fused-ring (bicyclic) bond motifs is 1. The summed E-state index contributed by atoms with van der Waals surface area (Å²) in [5.41, 5.74) is -0.139. The first-order valence-corrected chi connectivity index (χ1v) is 5.92. The lowest BCUT2D eigenvalue weighted by molar-refractivity contribution is -0.167. The van der Waals surface area contributed by atoms with E-state index in [-0.39, 0.29) is 10.9 Å². The average Bonchev–Trinajstić information content (AvgIpc) is 2.64. The quantitative estimate of drug-likeness (QED) is 0.778. The fraction of sp³-hybridized carbons (Fsp3) is 0.0909. The van der Waals surface area contributed by atoms with Crippen LogP contribution in [0.4, 0.5) is 19.0 Å². The third-order valence-electron chi connectivity index (χ3n) is 2.47. The molecule has 5 nitrogen and oxygen atoms in total. The van der Waals surface area contributed by atoms with Crippen molar-refractivity contribution in [1.29, 1.82) is 0 Å². The molecule has 0 aliphatic rings. The Labute approximate surface area is 117 Å². The zero-order valence-electron chi connectivity index (χ0n) is 9.51. The number of hydrogen-bond acceptors (Lipinski definition) is 2. The molecule has 0 spiro atoms. The van der Waals surface area contributed by atoms with Crippen LogP contribution in [0.5, 0.6) is 0 Å². The molecule has 0 saturated heterocycles. The number of aromatic amines is 1. The molecule has 0 saturated carbocycles. The van der Waals surface area contributed by atoms with Crippen molar-refractivity contribution in [2.24, 2.45) is 0 Å². The fourth-order valence-corrected chi connectivity index (χ4v) is 2.03. The van der Waals surface area contributed by atoms with Crippen LogP contribution in [-0.4, -0.2) is 28.1 Å². The highest BCUT2D eigenvalue weighted by molar-refractivity contribution is 9.10. The molecule has 2 aromatic rings. The SMILES string of the molecule is O=C(O)c1c(NC(=O)C(F)(F)F)[nH]c2cc(Br)ccc12. The molecular formula is C11H6BrF3N2O3. The van der Waals surface area contributed by atoms with E-state index in [0.29, 0.717) is 4.47 Å². The van der Waals surface area contributed by atoms with Crippen molar-refractivity contribution in [3.63, 3.8) is 0 Å². The molecule has 3 N–H and O–H groups in total. The van der Waals surface area contributed by atoms with E-state index in [2.05, 4.69) is 20.9 Å². The van der Waals surface area contributed by atoms with Crippen LogP contribution in [0.3, 0.4) is 0 Å². The van der Waals surface area contributed by atoms with Gasteiger partial charge in [-0.3, -0.25) is 4.79 Å². The second kappa shape index (κ2) is 4.82. The Morgan fingerprint density at radius 2 is 1.95 bits per heavy atom. The van der Waals surface area contributed by atoms with E-state index in [1.165, 1.54) is 23.5 Å². The van der Waals surface area contributed by atoms with Gasteiger partial charge in [-0.15, -0.1) is 0 Å². The molecule has 106 valence electrons. The second-order valence-electron chi connectivity index (χ2n) is 3.82. The predicted octanol–water partition coefficient (Wildman–Crippen LogP) is 3.13. The molecule has 0 bridgehead atoms. The van der Waals surface area contributed by atoms with Crippen LogP contribution in [0, 0.1) is 0 Å². The molecule has 1 aromatic carbocycles. The van der Waals surface area contributed by atoms with Gasteiger partial charge in [0.25, 0.3) is 0 Å². The highest BCUT2D eigenvalue weighted by Gasteiger charge is 2.39. The lowest BCUT2D eigenvalue weighted by Gasteiger charge is -2.06. The molecule has 0 aliphatic heterocycles. The lowest BCUT2D eigenvalue weighted by atomic mass is 10.1. The highest BCUT2D eigenvalue weighted by Crippen LogP contribution is 2.29. The number of rotatable bonds is 2. The summed E-state index contributed by atoms with van der Waals surface area (Å²) in [4.78, 5) is 24.5. The summed E-state index contributed by atoms with van der Waals surface area (Å²) in [5, 5.41) is 10.8. The van der Waals surface area contributed by atoms with Gasteiger partial charge in [-0.05, 0) is 12.1 Å². The van der Waals surface area contributed by atoms with E-state index < -0.39 is 29.4 Å².